The molecule has 0 aliphatic rings. The molecule has 0 aliphatic heterocycles. The molecule has 17 heteroatoms. The van der Waals surface area contributed by atoms with Crippen molar-refractivity contribution in [3.63, 3.8) is 0 Å². The van der Waals surface area contributed by atoms with Crippen molar-refractivity contribution in [2.45, 2.75) is 68.0 Å². The van der Waals surface area contributed by atoms with Crippen LogP contribution in [-0.4, -0.2) is 32.6 Å². The number of nitrogens with zero attached hydrogens (tertiary/aromatic N) is 9. The summed E-state index contributed by atoms with van der Waals surface area (Å²) in [6.45, 7) is 14.3. The Labute approximate surface area is 372 Å². The van der Waals surface area contributed by atoms with Crippen molar-refractivity contribution < 1.29 is 0 Å². The summed E-state index contributed by atoms with van der Waals surface area (Å²) in [5.41, 5.74) is 10.7. The summed E-state index contributed by atoms with van der Waals surface area (Å²) >= 11 is 21.8. The van der Waals surface area contributed by atoms with E-state index in [4.69, 9.17) is 53.2 Å². The van der Waals surface area contributed by atoms with Crippen LogP contribution >= 0.6 is 73.2 Å². The van der Waals surface area contributed by atoms with E-state index in [1.807, 2.05) is 70.2 Å². The quantitative estimate of drug-likeness (QED) is 0.0585. The van der Waals surface area contributed by atoms with Crippen LogP contribution in [0.25, 0.3) is 25.6 Å². The molecule has 2 radical (unpaired) electrons. The smallest absolute Gasteiger partial charge is 0.213 e. The van der Waals surface area contributed by atoms with E-state index in [9.17, 15) is 5.26 Å². The maximum absolute atomic E-state index is 10.2. The standard InChI is InChI=1S/C42H35BN10S6/c1-18-12-21(4)36(56)23(6)33(18)48-39-34(49-50-40-27(17-44)38(43)51-53(40)42-46-29-11-9-26(55)16-31(29)59-42)19(2)14-32(47-39)52(35-20(3)13-22(5)37(57)24(35)7)41-45-28-10-8-25(54)15-30(28)58-41/h8-16,54-57H,1-7H3,(H,47,48). The molecule has 0 unspecified atom stereocenters. The third kappa shape index (κ3) is 7.51. The minimum atomic E-state index is 0.00950. The summed E-state index contributed by atoms with van der Waals surface area (Å²) < 4.78 is 3.34. The van der Waals surface area contributed by atoms with E-state index < -0.39 is 0 Å². The van der Waals surface area contributed by atoms with Crippen LogP contribution in [0.2, 0.25) is 0 Å². The second-order valence-electron chi connectivity index (χ2n) is 14.3. The van der Waals surface area contributed by atoms with E-state index in [0.29, 0.717) is 27.6 Å². The molecule has 0 spiro atoms. The van der Waals surface area contributed by atoms with E-state index >= 15 is 0 Å². The minimum absolute atomic E-state index is 0.00950. The third-order valence-electron chi connectivity index (χ3n) is 10.0. The number of aromatic nitrogens is 5. The second-order valence-corrected chi connectivity index (χ2v) is 18.2. The van der Waals surface area contributed by atoms with Crippen LogP contribution in [0.4, 0.5) is 39.6 Å². The van der Waals surface area contributed by atoms with Crippen molar-refractivity contribution in [1.29, 1.82) is 5.26 Å². The number of aryl methyl sites for hydroxylation is 5. The van der Waals surface area contributed by atoms with Gasteiger partial charge < -0.3 is 5.32 Å². The Morgan fingerprint density at radius 3 is 2.03 bits per heavy atom. The van der Waals surface area contributed by atoms with Gasteiger partial charge in [-0.15, -0.1) is 60.7 Å². The Bertz CT molecular complexity index is 3110. The van der Waals surface area contributed by atoms with Gasteiger partial charge >= 0.3 is 0 Å². The summed E-state index contributed by atoms with van der Waals surface area (Å²) in [6.07, 6.45) is 0. The van der Waals surface area contributed by atoms with Crippen molar-refractivity contribution in [1.82, 2.24) is 24.7 Å². The predicted octanol–water partition coefficient (Wildman–Crippen LogP) is 12.1. The molecule has 0 aliphatic carbocycles. The van der Waals surface area contributed by atoms with Crippen molar-refractivity contribution in [3.05, 3.63) is 99.1 Å². The molecule has 0 saturated carbocycles. The van der Waals surface area contributed by atoms with Crippen LogP contribution in [-0.2, 0) is 0 Å². The zero-order valence-electron chi connectivity index (χ0n) is 32.9. The van der Waals surface area contributed by atoms with Crippen molar-refractivity contribution in [2.24, 2.45) is 10.2 Å². The highest BCUT2D eigenvalue weighted by Gasteiger charge is 2.27. The molecule has 0 atom stereocenters. The zero-order chi connectivity index (χ0) is 42.0. The molecular formula is C42H35BN10S6. The van der Waals surface area contributed by atoms with E-state index in [-0.39, 0.29) is 17.0 Å². The number of azo groups is 1. The first-order valence-electron chi connectivity index (χ1n) is 18.2. The largest absolute Gasteiger partial charge is 0.338 e. The Balaban J connectivity index is 1.36. The van der Waals surface area contributed by atoms with Crippen LogP contribution in [0.5, 0.6) is 0 Å². The fourth-order valence-electron chi connectivity index (χ4n) is 7.12. The molecule has 0 fully saturated rings. The van der Waals surface area contributed by atoms with Gasteiger partial charge in [0, 0.05) is 30.9 Å². The summed E-state index contributed by atoms with van der Waals surface area (Å²) in [6, 6.07) is 19.9. The summed E-state index contributed by atoms with van der Waals surface area (Å²) in [7, 11) is 6.30. The van der Waals surface area contributed by atoms with E-state index in [1.54, 1.807) is 11.3 Å². The number of fused-ring (bicyclic) bond motifs is 2. The maximum Gasteiger partial charge on any atom is 0.213 e. The van der Waals surface area contributed by atoms with Crippen LogP contribution in [0.15, 0.2) is 84.4 Å². The van der Waals surface area contributed by atoms with Crippen molar-refractivity contribution in [2.75, 3.05) is 10.2 Å². The maximum atomic E-state index is 10.2. The van der Waals surface area contributed by atoms with Gasteiger partial charge in [-0.3, -0.25) is 4.90 Å². The van der Waals surface area contributed by atoms with E-state index in [2.05, 4.69) is 84.7 Å². The molecular weight excluding hydrogens is 848 g/mol. The number of thiazole rings is 2. The van der Waals surface area contributed by atoms with Gasteiger partial charge in [-0.2, -0.15) is 15.0 Å². The van der Waals surface area contributed by atoms with Gasteiger partial charge in [0.1, 0.15) is 31.0 Å². The van der Waals surface area contributed by atoms with Gasteiger partial charge in [0.05, 0.1) is 26.1 Å². The average Bonchev–Trinajstić information content (AvgIpc) is 3.89. The fraction of sp³-hybridized carbons (Fsp3) is 0.167. The number of rotatable bonds is 8. The molecule has 0 bridgehead atoms. The number of benzene rings is 4. The number of pyridine rings is 1. The topological polar surface area (TPSA) is 120 Å². The Hall–Kier alpha value is -4.83. The lowest BCUT2D eigenvalue weighted by molar-refractivity contribution is 0.872. The highest BCUT2D eigenvalue weighted by molar-refractivity contribution is 7.81. The molecule has 4 heterocycles. The summed E-state index contributed by atoms with van der Waals surface area (Å²) in [4.78, 5) is 20.7. The van der Waals surface area contributed by atoms with Crippen molar-refractivity contribution >= 4 is 147 Å². The normalized spacial score (nSPS) is 11.6. The average molecular weight is 883 g/mol. The van der Waals surface area contributed by atoms with Gasteiger partial charge in [0.25, 0.3) is 0 Å². The predicted molar refractivity (Wildman–Crippen MR) is 255 cm³/mol. The Morgan fingerprint density at radius 1 is 0.729 bits per heavy atom. The van der Waals surface area contributed by atoms with E-state index in [1.165, 1.54) is 16.0 Å². The second kappa shape index (κ2) is 16.0. The van der Waals surface area contributed by atoms with Gasteiger partial charge in [-0.1, -0.05) is 34.8 Å². The van der Waals surface area contributed by atoms with Gasteiger partial charge in [0.15, 0.2) is 16.8 Å². The number of nitrogens with one attached hydrogen (secondary N) is 1. The SMILES string of the molecule is [B]c1nn(-c2nc3ccc(S)cc3s2)c(N=Nc2c(C)cc(N(c3nc4ccc(S)cc4s3)c3c(C)cc(C)c(S)c3C)nc2Nc2c(C)cc(C)c(S)c2C)c1C#N. The number of hydrogen-bond donors (Lipinski definition) is 5. The first-order valence-corrected chi connectivity index (χ1v) is 21.6. The number of thiol groups is 4. The molecule has 292 valence electrons. The van der Waals surface area contributed by atoms with Crippen molar-refractivity contribution in [3.8, 4) is 11.2 Å². The number of nitriles is 1. The minimum Gasteiger partial charge on any atom is -0.338 e. The highest BCUT2D eigenvalue weighted by Crippen LogP contribution is 2.46. The Kier molecular flexibility index (Phi) is 11.1. The molecule has 59 heavy (non-hydrogen) atoms. The molecule has 1 N–H and O–H groups in total. The molecule has 8 rings (SSSR count). The lowest BCUT2D eigenvalue weighted by Gasteiger charge is -2.27. The zero-order valence-corrected chi connectivity index (χ0v) is 38.1. The van der Waals surface area contributed by atoms with Crippen LogP contribution in [0.1, 0.15) is 44.5 Å². The van der Waals surface area contributed by atoms with Gasteiger partial charge in [-0.05, 0) is 130 Å². The lowest BCUT2D eigenvalue weighted by atomic mass is 10.0. The summed E-state index contributed by atoms with van der Waals surface area (Å²) in [5.74, 6) is 1.15. The number of anilines is 5. The first-order chi connectivity index (χ1) is 28.1. The van der Waals surface area contributed by atoms with Gasteiger partial charge in [0.2, 0.25) is 5.13 Å². The number of hydrogen-bond acceptors (Lipinski definition) is 15. The molecule has 0 saturated heterocycles. The van der Waals surface area contributed by atoms with Crippen LogP contribution in [0.3, 0.4) is 0 Å². The summed E-state index contributed by atoms with van der Waals surface area (Å²) in [5, 5.41) is 29.0. The van der Waals surface area contributed by atoms with Gasteiger partial charge in [-0.25, -0.2) is 15.0 Å². The van der Waals surface area contributed by atoms with Crippen LogP contribution in [0, 0.1) is 59.8 Å². The van der Waals surface area contributed by atoms with E-state index in [0.717, 1.165) is 90.3 Å². The highest BCUT2D eigenvalue weighted by atomic mass is 32.1. The lowest BCUT2D eigenvalue weighted by Crippen LogP contribution is -2.16. The molecule has 4 aromatic carbocycles. The monoisotopic (exact) mass is 882 g/mol. The first kappa shape index (κ1) is 40.9. The third-order valence-corrected chi connectivity index (χ3v) is 14.0. The molecule has 4 aromatic heterocycles. The molecule has 8 aromatic rings. The Morgan fingerprint density at radius 2 is 1.36 bits per heavy atom. The van der Waals surface area contributed by atoms with Crippen LogP contribution < -0.4 is 15.8 Å². The molecule has 10 nitrogen and oxygen atoms in total. The fourth-order valence-corrected chi connectivity index (χ4v) is 10.0. The molecule has 0 amide bonds.